The third-order valence-electron chi connectivity index (χ3n) is 2.50. The van der Waals surface area contributed by atoms with Crippen LogP contribution < -0.4 is 11.1 Å². The van der Waals surface area contributed by atoms with Gasteiger partial charge in [-0.05, 0) is 20.3 Å². The average molecular weight is 234 g/mol. The predicted molar refractivity (Wildman–Crippen MR) is 64.2 cm³/mol. The fourth-order valence-corrected chi connectivity index (χ4v) is 1.74. The minimum absolute atomic E-state index is 0.138. The van der Waals surface area contributed by atoms with E-state index in [0.29, 0.717) is 19.4 Å². The van der Waals surface area contributed by atoms with E-state index in [0.717, 1.165) is 0 Å². The van der Waals surface area contributed by atoms with Crippen LogP contribution in [0.4, 0.5) is 0 Å². The first-order valence-corrected chi connectivity index (χ1v) is 5.73. The van der Waals surface area contributed by atoms with Crippen LogP contribution in [-0.2, 0) is 9.47 Å². The van der Waals surface area contributed by atoms with Crippen molar-refractivity contribution in [3.8, 4) is 0 Å². The molecule has 0 aromatic heterocycles. The van der Waals surface area contributed by atoms with Crippen molar-refractivity contribution in [1.82, 2.24) is 5.32 Å². The van der Waals surface area contributed by atoms with Crippen LogP contribution >= 0.6 is 0 Å². The number of hydrogen-bond acceptors (Lipinski definition) is 5. The second kappa shape index (κ2) is 8.90. The van der Waals surface area contributed by atoms with Gasteiger partial charge in [0.05, 0.1) is 6.10 Å². The molecule has 0 rings (SSSR count). The van der Waals surface area contributed by atoms with Crippen LogP contribution in [0, 0.1) is 0 Å². The van der Waals surface area contributed by atoms with Gasteiger partial charge in [0.15, 0.2) is 6.29 Å². The van der Waals surface area contributed by atoms with Gasteiger partial charge in [-0.15, -0.1) is 0 Å². The fraction of sp³-hybridized carbons (Fsp3) is 1.00. The number of nitrogens with two attached hydrogens (primary N) is 1. The summed E-state index contributed by atoms with van der Waals surface area (Å²) in [6, 6.07) is 0.363. The summed E-state index contributed by atoms with van der Waals surface area (Å²) in [4.78, 5) is 0. The Morgan fingerprint density at radius 1 is 1.19 bits per heavy atom. The summed E-state index contributed by atoms with van der Waals surface area (Å²) in [6.45, 7) is 4.33. The van der Waals surface area contributed by atoms with E-state index in [1.165, 1.54) is 0 Å². The number of aliphatic hydroxyl groups excluding tert-OH is 1. The summed E-state index contributed by atoms with van der Waals surface area (Å²) in [5, 5.41) is 12.6. The summed E-state index contributed by atoms with van der Waals surface area (Å²) < 4.78 is 10.3. The molecule has 0 aromatic carbocycles. The average Bonchev–Trinajstić information content (AvgIpc) is 2.22. The number of hydrogen-bond donors (Lipinski definition) is 3. The molecule has 0 aliphatic rings. The third kappa shape index (κ3) is 7.14. The maximum Gasteiger partial charge on any atom is 0.158 e. The Morgan fingerprint density at radius 3 is 2.12 bits per heavy atom. The van der Waals surface area contributed by atoms with E-state index in [1.807, 2.05) is 6.92 Å². The van der Waals surface area contributed by atoms with E-state index < -0.39 is 0 Å². The van der Waals surface area contributed by atoms with Crippen LogP contribution in [0.15, 0.2) is 0 Å². The second-order valence-electron chi connectivity index (χ2n) is 4.22. The van der Waals surface area contributed by atoms with Gasteiger partial charge < -0.3 is 25.6 Å². The highest BCUT2D eigenvalue weighted by atomic mass is 16.7. The van der Waals surface area contributed by atoms with Crippen molar-refractivity contribution in [3.05, 3.63) is 0 Å². The van der Waals surface area contributed by atoms with Crippen molar-refractivity contribution in [3.63, 3.8) is 0 Å². The molecule has 4 N–H and O–H groups in total. The second-order valence-corrected chi connectivity index (χ2v) is 4.22. The van der Waals surface area contributed by atoms with Crippen LogP contribution in [0.1, 0.15) is 26.7 Å². The van der Waals surface area contributed by atoms with Gasteiger partial charge in [-0.2, -0.15) is 0 Å². The van der Waals surface area contributed by atoms with E-state index >= 15 is 0 Å². The van der Waals surface area contributed by atoms with E-state index in [9.17, 15) is 5.11 Å². The molecule has 0 aromatic rings. The van der Waals surface area contributed by atoms with Gasteiger partial charge in [0.25, 0.3) is 0 Å². The van der Waals surface area contributed by atoms with E-state index in [-0.39, 0.29) is 24.5 Å². The topological polar surface area (TPSA) is 76.7 Å². The number of methoxy groups -OCH3 is 2. The Balaban J connectivity index is 3.98. The minimum Gasteiger partial charge on any atom is -0.393 e. The number of nitrogens with one attached hydrogen (secondary N) is 1. The van der Waals surface area contributed by atoms with Crippen LogP contribution in [-0.4, -0.2) is 50.3 Å². The monoisotopic (exact) mass is 234 g/mol. The van der Waals surface area contributed by atoms with Gasteiger partial charge in [-0.25, -0.2) is 0 Å². The first-order valence-electron chi connectivity index (χ1n) is 5.73. The molecule has 0 saturated heterocycles. The normalized spacial score (nSPS) is 17.4. The lowest BCUT2D eigenvalue weighted by molar-refractivity contribution is -0.110. The Morgan fingerprint density at radius 2 is 1.75 bits per heavy atom. The fourth-order valence-electron chi connectivity index (χ4n) is 1.74. The molecule has 0 fully saturated rings. The van der Waals surface area contributed by atoms with Gasteiger partial charge in [0, 0.05) is 39.3 Å². The Kier molecular flexibility index (Phi) is 8.78. The maximum absolute atomic E-state index is 9.26. The lowest BCUT2D eigenvalue weighted by Crippen LogP contribution is -2.44. The van der Waals surface area contributed by atoms with Crippen LogP contribution in [0.2, 0.25) is 0 Å². The van der Waals surface area contributed by atoms with Crippen LogP contribution in [0.25, 0.3) is 0 Å². The van der Waals surface area contributed by atoms with Gasteiger partial charge >= 0.3 is 0 Å². The number of rotatable bonds is 9. The molecule has 5 heteroatoms. The maximum atomic E-state index is 9.26. The van der Waals surface area contributed by atoms with E-state index in [2.05, 4.69) is 5.32 Å². The molecule has 0 bridgehead atoms. The molecule has 0 spiro atoms. The summed E-state index contributed by atoms with van der Waals surface area (Å²) in [5.41, 5.74) is 5.67. The van der Waals surface area contributed by atoms with Gasteiger partial charge in [-0.1, -0.05) is 0 Å². The standard InChI is InChI=1S/C11H26N2O3/c1-8(5-9(2)14)13-10(7-12)6-11(15-3)16-4/h8-11,13-14H,5-7,12H2,1-4H3. The highest BCUT2D eigenvalue weighted by Crippen LogP contribution is 2.05. The molecule has 98 valence electrons. The molecule has 3 atom stereocenters. The highest BCUT2D eigenvalue weighted by molar-refractivity contribution is 4.74. The predicted octanol–water partition coefficient (Wildman–Crippen LogP) is 0.0717. The van der Waals surface area contributed by atoms with Crippen molar-refractivity contribution in [2.75, 3.05) is 20.8 Å². The lowest BCUT2D eigenvalue weighted by Gasteiger charge is -2.25. The molecular weight excluding hydrogens is 208 g/mol. The Hall–Kier alpha value is -0.200. The molecule has 0 aliphatic carbocycles. The molecule has 0 saturated carbocycles. The molecule has 16 heavy (non-hydrogen) atoms. The molecule has 5 nitrogen and oxygen atoms in total. The largest absolute Gasteiger partial charge is 0.393 e. The summed E-state index contributed by atoms with van der Waals surface area (Å²) >= 11 is 0. The summed E-state index contributed by atoms with van der Waals surface area (Å²) in [5.74, 6) is 0. The van der Waals surface area contributed by atoms with Crippen LogP contribution in [0.3, 0.4) is 0 Å². The first-order chi connectivity index (χ1) is 7.53. The van der Waals surface area contributed by atoms with Gasteiger partial charge in [-0.3, -0.25) is 0 Å². The smallest absolute Gasteiger partial charge is 0.158 e. The zero-order valence-corrected chi connectivity index (χ0v) is 10.8. The Labute approximate surface area is 98.3 Å². The quantitative estimate of drug-likeness (QED) is 0.492. The van der Waals surface area contributed by atoms with Crippen molar-refractivity contribution in [2.24, 2.45) is 5.73 Å². The third-order valence-corrected chi connectivity index (χ3v) is 2.50. The molecule has 0 radical (unpaired) electrons. The zero-order chi connectivity index (χ0) is 12.6. The summed E-state index contributed by atoms with van der Waals surface area (Å²) in [7, 11) is 3.22. The van der Waals surface area contributed by atoms with E-state index in [4.69, 9.17) is 15.2 Å². The molecule has 0 heterocycles. The van der Waals surface area contributed by atoms with Crippen LogP contribution in [0.5, 0.6) is 0 Å². The lowest BCUT2D eigenvalue weighted by atomic mass is 10.1. The molecule has 3 unspecified atom stereocenters. The zero-order valence-electron chi connectivity index (χ0n) is 10.8. The van der Waals surface area contributed by atoms with Gasteiger partial charge in [0.2, 0.25) is 0 Å². The van der Waals surface area contributed by atoms with Crippen molar-refractivity contribution in [1.29, 1.82) is 0 Å². The van der Waals surface area contributed by atoms with Crippen molar-refractivity contribution >= 4 is 0 Å². The minimum atomic E-state index is -0.304. The van der Waals surface area contributed by atoms with Crippen molar-refractivity contribution < 1.29 is 14.6 Å². The molecular formula is C11H26N2O3. The Bertz CT molecular complexity index is 163. The van der Waals surface area contributed by atoms with Crippen molar-refractivity contribution in [2.45, 2.75) is 51.2 Å². The number of aliphatic hydroxyl groups is 1. The molecule has 0 aliphatic heterocycles. The summed E-state index contributed by atoms with van der Waals surface area (Å²) in [6.07, 6.45) is 0.871. The highest BCUT2D eigenvalue weighted by Gasteiger charge is 2.17. The number of ether oxygens (including phenoxy) is 2. The van der Waals surface area contributed by atoms with E-state index in [1.54, 1.807) is 21.1 Å². The van der Waals surface area contributed by atoms with Gasteiger partial charge in [0.1, 0.15) is 0 Å². The first kappa shape index (κ1) is 15.8. The SMILES string of the molecule is COC(CC(CN)NC(C)CC(C)O)OC. The molecule has 0 amide bonds.